The lowest BCUT2D eigenvalue weighted by Gasteiger charge is -2.49. The lowest BCUT2D eigenvalue weighted by atomic mass is 9.44. The van der Waals surface area contributed by atoms with E-state index in [2.05, 4.69) is 5.32 Å². The molecule has 0 aromatic heterocycles. The quantitative estimate of drug-likeness (QED) is 0.548. The van der Waals surface area contributed by atoms with Gasteiger partial charge in [-0.2, -0.15) is 13.2 Å². The largest absolute Gasteiger partial charge is 0.462 e. The second-order valence-corrected chi connectivity index (χ2v) is 10.1. The monoisotopic (exact) mass is 459 g/mol. The molecule has 2 aromatic rings. The smallest absolute Gasteiger partial charge is 0.403 e. The van der Waals surface area contributed by atoms with Crippen molar-refractivity contribution >= 4 is 18.7 Å². The van der Waals surface area contributed by atoms with Crippen LogP contribution in [0.5, 0.6) is 0 Å². The molecule has 1 saturated carbocycles. The van der Waals surface area contributed by atoms with E-state index in [0.29, 0.717) is 18.5 Å². The first kappa shape index (κ1) is 23.8. The number of rotatable bonds is 5. The highest BCUT2D eigenvalue weighted by molar-refractivity contribution is 6.49. The Bertz CT molecular complexity index is 992. The molecule has 2 fully saturated rings. The molecule has 8 heteroatoms. The van der Waals surface area contributed by atoms with E-state index in [1.54, 1.807) is 0 Å². The van der Waals surface area contributed by atoms with Gasteiger partial charge in [-0.25, -0.2) is 0 Å². The molecule has 0 bridgehead atoms. The van der Waals surface area contributed by atoms with Gasteiger partial charge in [0.25, 0.3) is 0 Å². The van der Waals surface area contributed by atoms with E-state index in [4.69, 9.17) is 9.31 Å². The van der Waals surface area contributed by atoms with Gasteiger partial charge in [0.05, 0.1) is 22.2 Å². The van der Waals surface area contributed by atoms with Crippen molar-refractivity contribution in [3.63, 3.8) is 0 Å². The maximum Gasteiger partial charge on any atom is 0.462 e. The minimum atomic E-state index is -4.42. The number of hydrogen-bond acceptors (Lipinski definition) is 3. The van der Waals surface area contributed by atoms with Gasteiger partial charge in [-0.1, -0.05) is 30.3 Å². The zero-order chi connectivity index (χ0) is 24.1. The van der Waals surface area contributed by atoms with Gasteiger partial charge >= 0.3 is 13.3 Å². The molecule has 4 nitrogen and oxygen atoms in total. The van der Waals surface area contributed by atoms with E-state index in [1.165, 1.54) is 12.1 Å². The van der Waals surface area contributed by atoms with Crippen LogP contribution in [0.15, 0.2) is 54.6 Å². The number of nitrogens with one attached hydrogen (secondary N) is 1. The Morgan fingerprint density at radius 3 is 2.06 bits per heavy atom. The van der Waals surface area contributed by atoms with Crippen LogP contribution in [-0.4, -0.2) is 24.2 Å². The van der Waals surface area contributed by atoms with Crippen LogP contribution in [0, 0.1) is 5.41 Å². The van der Waals surface area contributed by atoms with Crippen molar-refractivity contribution in [2.75, 3.05) is 5.32 Å². The second kappa shape index (κ2) is 8.17. The molecule has 1 saturated heterocycles. The number of carbonyl (C=O) groups excluding carboxylic acids is 1. The Hall–Kier alpha value is -2.32. The van der Waals surface area contributed by atoms with Crippen molar-refractivity contribution in [1.29, 1.82) is 0 Å². The third-order valence-electron chi connectivity index (χ3n) is 7.50. The molecule has 2 aliphatic rings. The zero-order valence-electron chi connectivity index (χ0n) is 19.3. The van der Waals surface area contributed by atoms with E-state index >= 15 is 0 Å². The summed E-state index contributed by atoms with van der Waals surface area (Å²) in [7, 11) is -0.536. The average Bonchev–Trinajstić information content (AvgIpc) is 2.92. The SMILES string of the molecule is CC1(C)OB([C@H]2CC[C@@]2(Cc2ccccc2)C(=O)Nc2ccc(C(F)(F)F)cc2)OC1(C)C. The van der Waals surface area contributed by atoms with Crippen LogP contribution in [0.1, 0.15) is 51.7 Å². The summed E-state index contributed by atoms with van der Waals surface area (Å²) in [5, 5.41) is 2.86. The molecular weight excluding hydrogens is 430 g/mol. The van der Waals surface area contributed by atoms with Crippen molar-refractivity contribution in [2.24, 2.45) is 5.41 Å². The van der Waals surface area contributed by atoms with Gasteiger partial charge in [-0.05, 0) is 76.8 Å². The molecule has 0 radical (unpaired) electrons. The molecule has 0 unspecified atom stereocenters. The number of amides is 1. The lowest BCUT2D eigenvalue weighted by molar-refractivity contribution is -0.137. The summed E-state index contributed by atoms with van der Waals surface area (Å²) in [5.41, 5.74) is -1.23. The summed E-state index contributed by atoms with van der Waals surface area (Å²) >= 11 is 0. The summed E-state index contributed by atoms with van der Waals surface area (Å²) in [6.45, 7) is 7.92. The third kappa shape index (κ3) is 4.43. The summed E-state index contributed by atoms with van der Waals surface area (Å²) in [6.07, 6.45) is -2.52. The fourth-order valence-corrected chi connectivity index (χ4v) is 4.65. The Labute approximate surface area is 193 Å². The molecule has 1 amide bonds. The topological polar surface area (TPSA) is 47.6 Å². The first-order valence-corrected chi connectivity index (χ1v) is 11.2. The fourth-order valence-electron chi connectivity index (χ4n) is 4.65. The molecular formula is C25H29BF3NO3. The first-order valence-electron chi connectivity index (χ1n) is 11.2. The van der Waals surface area contributed by atoms with Gasteiger partial charge < -0.3 is 14.6 Å². The number of hydrogen-bond donors (Lipinski definition) is 1. The number of benzene rings is 2. The Morgan fingerprint density at radius 1 is 1.00 bits per heavy atom. The number of carbonyl (C=O) groups is 1. The average molecular weight is 459 g/mol. The van der Waals surface area contributed by atoms with Gasteiger partial charge in [0.15, 0.2) is 0 Å². The molecule has 1 N–H and O–H groups in total. The van der Waals surface area contributed by atoms with Crippen LogP contribution in [-0.2, 0) is 26.7 Å². The van der Waals surface area contributed by atoms with E-state index in [1.807, 2.05) is 58.0 Å². The highest BCUT2D eigenvalue weighted by atomic mass is 19.4. The van der Waals surface area contributed by atoms with Crippen LogP contribution in [0.2, 0.25) is 5.82 Å². The summed E-state index contributed by atoms with van der Waals surface area (Å²) < 4.78 is 51.3. The second-order valence-electron chi connectivity index (χ2n) is 10.1. The zero-order valence-corrected chi connectivity index (χ0v) is 19.3. The number of halogens is 3. The Morgan fingerprint density at radius 2 is 1.58 bits per heavy atom. The normalized spacial score (nSPS) is 26.0. The van der Waals surface area contributed by atoms with Crippen LogP contribution >= 0.6 is 0 Å². The molecule has 0 spiro atoms. The van der Waals surface area contributed by atoms with Gasteiger partial charge in [0, 0.05) is 11.5 Å². The number of anilines is 1. The van der Waals surface area contributed by atoms with Crippen molar-refractivity contribution in [3.05, 3.63) is 65.7 Å². The molecule has 2 atom stereocenters. The Balaban J connectivity index is 1.61. The summed E-state index contributed by atoms with van der Waals surface area (Å²) in [4.78, 5) is 13.6. The minimum Gasteiger partial charge on any atom is -0.403 e. The van der Waals surface area contributed by atoms with Crippen LogP contribution < -0.4 is 5.32 Å². The molecule has 2 aromatic carbocycles. The van der Waals surface area contributed by atoms with Gasteiger partial charge in [0.2, 0.25) is 5.91 Å². The minimum absolute atomic E-state index is 0.173. The van der Waals surface area contributed by atoms with Gasteiger partial charge in [0.1, 0.15) is 0 Å². The van der Waals surface area contributed by atoms with Crippen molar-refractivity contribution in [2.45, 2.75) is 70.2 Å². The fraction of sp³-hybridized carbons (Fsp3) is 0.480. The first-order chi connectivity index (χ1) is 15.3. The molecule has 1 aliphatic heterocycles. The van der Waals surface area contributed by atoms with Gasteiger partial charge in [-0.3, -0.25) is 4.79 Å². The molecule has 1 aliphatic carbocycles. The van der Waals surface area contributed by atoms with Crippen LogP contribution in [0.25, 0.3) is 0 Å². The number of alkyl halides is 3. The van der Waals surface area contributed by atoms with Crippen molar-refractivity contribution < 1.29 is 27.3 Å². The standard InChI is InChI=1S/C25H29BF3NO3/c1-22(2)23(3,4)33-26(32-22)20-14-15-24(20,16-17-8-6-5-7-9-17)21(31)30-19-12-10-18(11-13-19)25(27,28)29/h5-13,20H,14-16H2,1-4H3,(H,30,31)/t20-,24-/m0/s1. The van der Waals surface area contributed by atoms with Crippen molar-refractivity contribution in [1.82, 2.24) is 0 Å². The predicted molar refractivity (Wildman–Crippen MR) is 122 cm³/mol. The van der Waals surface area contributed by atoms with E-state index in [9.17, 15) is 18.0 Å². The maximum absolute atomic E-state index is 13.6. The van der Waals surface area contributed by atoms with Crippen molar-refractivity contribution in [3.8, 4) is 0 Å². The van der Waals surface area contributed by atoms with E-state index in [0.717, 1.165) is 24.1 Å². The lowest BCUT2D eigenvalue weighted by Crippen LogP contribution is -2.54. The van der Waals surface area contributed by atoms with E-state index in [-0.39, 0.29) is 11.7 Å². The Kier molecular flexibility index (Phi) is 5.90. The summed E-state index contributed by atoms with van der Waals surface area (Å²) in [6, 6.07) is 14.3. The molecule has 4 rings (SSSR count). The molecule has 176 valence electrons. The summed E-state index contributed by atoms with van der Waals surface area (Å²) in [5.74, 6) is -0.398. The van der Waals surface area contributed by atoms with Crippen LogP contribution in [0.3, 0.4) is 0 Å². The molecule has 33 heavy (non-hydrogen) atoms. The van der Waals surface area contributed by atoms with Crippen LogP contribution in [0.4, 0.5) is 18.9 Å². The highest BCUT2D eigenvalue weighted by Gasteiger charge is 2.64. The highest BCUT2D eigenvalue weighted by Crippen LogP contribution is 2.58. The van der Waals surface area contributed by atoms with E-state index < -0.39 is 35.5 Å². The predicted octanol–water partition coefficient (Wildman–Crippen LogP) is 6.13. The maximum atomic E-state index is 13.6. The van der Waals surface area contributed by atoms with Gasteiger partial charge in [-0.15, -0.1) is 0 Å². The third-order valence-corrected chi connectivity index (χ3v) is 7.50. The molecule has 1 heterocycles.